The predicted molar refractivity (Wildman–Crippen MR) is 106 cm³/mol. The fourth-order valence-electron chi connectivity index (χ4n) is 2.97. The average molecular weight is 423 g/mol. The van der Waals surface area contributed by atoms with Crippen molar-refractivity contribution >= 4 is 15.8 Å². The number of hydrogen-bond acceptors (Lipinski definition) is 5. The number of aromatic carboxylic acids is 1. The smallest absolute Gasteiger partial charge is 0.335 e. The van der Waals surface area contributed by atoms with Gasteiger partial charge in [-0.05, 0) is 54.6 Å². The van der Waals surface area contributed by atoms with Crippen molar-refractivity contribution in [3.8, 4) is 16.9 Å². The fourth-order valence-corrected chi connectivity index (χ4v) is 4.31. The number of halogens is 1. The molecule has 0 aliphatic heterocycles. The van der Waals surface area contributed by atoms with Gasteiger partial charge in [0.15, 0.2) is 0 Å². The Morgan fingerprint density at radius 2 is 1.63 bits per heavy atom. The van der Waals surface area contributed by atoms with Crippen molar-refractivity contribution in [2.24, 2.45) is 0 Å². The number of rotatable bonds is 5. The van der Waals surface area contributed by atoms with Gasteiger partial charge in [-0.15, -0.1) is 5.10 Å². The lowest BCUT2D eigenvalue weighted by Gasteiger charge is -2.10. The molecule has 150 valence electrons. The number of carbonyl (C=O) groups is 1. The molecule has 1 heterocycles. The fraction of sp³-hybridized carbons (Fsp3) is 0. The molecule has 0 fully saturated rings. The third-order valence-electron chi connectivity index (χ3n) is 4.40. The average Bonchev–Trinajstić information content (AvgIpc) is 3.21. The Balaban J connectivity index is 1.98. The molecule has 30 heavy (non-hydrogen) atoms. The van der Waals surface area contributed by atoms with Gasteiger partial charge in [0.2, 0.25) is 14.9 Å². The minimum Gasteiger partial charge on any atom is -0.478 e. The first-order chi connectivity index (χ1) is 14.4. The molecule has 0 saturated heterocycles. The van der Waals surface area contributed by atoms with Crippen LogP contribution in [0.1, 0.15) is 10.4 Å². The zero-order valence-electron chi connectivity index (χ0n) is 15.3. The lowest BCUT2D eigenvalue weighted by atomic mass is 10.1. The van der Waals surface area contributed by atoms with Crippen molar-refractivity contribution in [1.82, 2.24) is 15.0 Å². The summed E-state index contributed by atoms with van der Waals surface area (Å²) in [4.78, 5) is 11.4. The van der Waals surface area contributed by atoms with E-state index in [-0.39, 0.29) is 21.2 Å². The first-order valence-corrected chi connectivity index (χ1v) is 10.2. The van der Waals surface area contributed by atoms with E-state index < -0.39 is 21.6 Å². The van der Waals surface area contributed by atoms with Gasteiger partial charge in [-0.3, -0.25) is 0 Å². The largest absolute Gasteiger partial charge is 0.478 e. The molecule has 3 aromatic carbocycles. The zero-order chi connectivity index (χ0) is 21.3. The number of benzene rings is 3. The molecule has 9 heteroatoms. The second-order valence-electron chi connectivity index (χ2n) is 6.33. The summed E-state index contributed by atoms with van der Waals surface area (Å²) < 4.78 is 41.2. The highest BCUT2D eigenvalue weighted by Gasteiger charge is 2.29. The Labute approximate surface area is 171 Å². The van der Waals surface area contributed by atoms with Crippen LogP contribution in [0.5, 0.6) is 0 Å². The summed E-state index contributed by atoms with van der Waals surface area (Å²) in [6.45, 7) is 0. The first-order valence-electron chi connectivity index (χ1n) is 8.73. The van der Waals surface area contributed by atoms with Gasteiger partial charge in [0.1, 0.15) is 11.5 Å². The Bertz CT molecular complexity index is 1330. The SMILES string of the molecule is O=C(O)c1cccc(-n2nnc(S(=O)(=O)c3ccccc3)c2-c2ccc(F)cc2)c1. The van der Waals surface area contributed by atoms with Crippen molar-refractivity contribution in [2.75, 3.05) is 0 Å². The van der Waals surface area contributed by atoms with Crippen LogP contribution in [-0.4, -0.2) is 34.5 Å². The lowest BCUT2D eigenvalue weighted by molar-refractivity contribution is 0.0697. The van der Waals surface area contributed by atoms with E-state index in [9.17, 15) is 22.7 Å². The molecule has 4 rings (SSSR count). The monoisotopic (exact) mass is 423 g/mol. The predicted octanol–water partition coefficient (Wildman–Crippen LogP) is 3.60. The molecule has 7 nitrogen and oxygen atoms in total. The zero-order valence-corrected chi connectivity index (χ0v) is 16.1. The maximum absolute atomic E-state index is 13.5. The Morgan fingerprint density at radius 3 is 2.30 bits per heavy atom. The molecule has 0 atom stereocenters. The van der Waals surface area contributed by atoms with Gasteiger partial charge in [-0.2, -0.15) is 0 Å². The number of nitrogens with zero attached hydrogens (tertiary/aromatic N) is 3. The van der Waals surface area contributed by atoms with Crippen molar-refractivity contribution < 1.29 is 22.7 Å². The molecule has 4 aromatic rings. The standard InChI is InChI=1S/C21H14FN3O4S/c22-16-11-9-14(10-12-16)19-20(30(28,29)18-7-2-1-3-8-18)23-24-25(19)17-6-4-5-15(13-17)21(26)27/h1-13H,(H,26,27). The van der Waals surface area contributed by atoms with E-state index in [1.807, 2.05) is 0 Å². The third kappa shape index (κ3) is 3.46. The lowest BCUT2D eigenvalue weighted by Crippen LogP contribution is -2.06. The van der Waals surface area contributed by atoms with Crippen LogP contribution in [0.15, 0.2) is 88.8 Å². The van der Waals surface area contributed by atoms with Crippen LogP contribution in [-0.2, 0) is 9.84 Å². The van der Waals surface area contributed by atoms with E-state index >= 15 is 0 Å². The van der Waals surface area contributed by atoms with E-state index in [0.29, 0.717) is 11.3 Å². The van der Waals surface area contributed by atoms with E-state index in [1.165, 1.54) is 59.3 Å². The maximum Gasteiger partial charge on any atom is 0.335 e. The van der Waals surface area contributed by atoms with Gasteiger partial charge in [0.25, 0.3) is 0 Å². The quantitative estimate of drug-likeness (QED) is 0.526. The molecule has 0 spiro atoms. The van der Waals surface area contributed by atoms with Crippen LogP contribution in [0.4, 0.5) is 4.39 Å². The molecule has 0 aliphatic rings. The molecule has 0 saturated carbocycles. The minimum absolute atomic E-state index is 0.000484. The Kier molecular flexibility index (Phi) is 4.88. The molecular formula is C21H14FN3O4S. The number of sulfone groups is 1. The minimum atomic E-state index is -4.05. The highest BCUT2D eigenvalue weighted by molar-refractivity contribution is 7.91. The van der Waals surface area contributed by atoms with Gasteiger partial charge in [-0.1, -0.05) is 29.5 Å². The number of carboxylic acid groups (broad SMARTS) is 1. The summed E-state index contributed by atoms with van der Waals surface area (Å²) in [6, 6.07) is 18.8. The maximum atomic E-state index is 13.5. The second kappa shape index (κ2) is 7.53. The van der Waals surface area contributed by atoms with Crippen LogP contribution in [0.3, 0.4) is 0 Å². The molecule has 0 bridgehead atoms. The van der Waals surface area contributed by atoms with Crippen LogP contribution in [0.25, 0.3) is 16.9 Å². The van der Waals surface area contributed by atoms with Gasteiger partial charge in [-0.25, -0.2) is 22.3 Å². The van der Waals surface area contributed by atoms with Gasteiger partial charge >= 0.3 is 5.97 Å². The first kappa shape index (κ1) is 19.5. The number of carboxylic acids is 1. The van der Waals surface area contributed by atoms with Gasteiger partial charge < -0.3 is 5.11 Å². The summed E-state index contributed by atoms with van der Waals surface area (Å²) in [6.07, 6.45) is 0. The normalized spacial score (nSPS) is 11.4. The van der Waals surface area contributed by atoms with Gasteiger partial charge in [0.05, 0.1) is 16.1 Å². The molecule has 1 aromatic heterocycles. The molecule has 1 N–H and O–H groups in total. The van der Waals surface area contributed by atoms with E-state index in [2.05, 4.69) is 10.3 Å². The van der Waals surface area contributed by atoms with Crippen LogP contribution in [0, 0.1) is 5.82 Å². The van der Waals surface area contributed by atoms with E-state index in [1.54, 1.807) is 24.3 Å². The number of hydrogen-bond donors (Lipinski definition) is 1. The summed E-state index contributed by atoms with van der Waals surface area (Å²) >= 11 is 0. The molecular weight excluding hydrogens is 409 g/mol. The second-order valence-corrected chi connectivity index (χ2v) is 8.20. The molecule has 0 radical (unpaired) electrons. The number of aromatic nitrogens is 3. The molecule has 0 aliphatic carbocycles. The summed E-state index contributed by atoms with van der Waals surface area (Å²) in [5, 5.41) is 16.8. The Morgan fingerprint density at radius 1 is 0.933 bits per heavy atom. The van der Waals surface area contributed by atoms with E-state index in [0.717, 1.165) is 0 Å². The highest BCUT2D eigenvalue weighted by Crippen LogP contribution is 2.32. The third-order valence-corrected chi connectivity index (χ3v) is 6.08. The summed E-state index contributed by atoms with van der Waals surface area (Å²) in [5.74, 6) is -1.63. The summed E-state index contributed by atoms with van der Waals surface area (Å²) in [5.41, 5.74) is 0.759. The van der Waals surface area contributed by atoms with Crippen LogP contribution in [0.2, 0.25) is 0 Å². The van der Waals surface area contributed by atoms with Crippen LogP contribution < -0.4 is 0 Å². The van der Waals surface area contributed by atoms with Crippen molar-refractivity contribution in [1.29, 1.82) is 0 Å². The topological polar surface area (TPSA) is 102 Å². The summed E-state index contributed by atoms with van der Waals surface area (Å²) in [7, 11) is -4.05. The van der Waals surface area contributed by atoms with Gasteiger partial charge in [0, 0.05) is 5.56 Å². The van der Waals surface area contributed by atoms with Crippen molar-refractivity contribution in [3.63, 3.8) is 0 Å². The van der Waals surface area contributed by atoms with Crippen LogP contribution >= 0.6 is 0 Å². The molecule has 0 unspecified atom stereocenters. The van der Waals surface area contributed by atoms with Crippen molar-refractivity contribution in [2.45, 2.75) is 9.92 Å². The van der Waals surface area contributed by atoms with E-state index in [4.69, 9.17) is 0 Å². The highest BCUT2D eigenvalue weighted by atomic mass is 32.2. The Hall–Kier alpha value is -3.85. The van der Waals surface area contributed by atoms with Crippen molar-refractivity contribution in [3.05, 3.63) is 90.2 Å². The molecule has 0 amide bonds.